The van der Waals surface area contributed by atoms with Gasteiger partial charge in [0.1, 0.15) is 5.60 Å². The molecule has 8 heteroatoms. The first kappa shape index (κ1) is 18.3. The van der Waals surface area contributed by atoms with Gasteiger partial charge < -0.3 is 25.0 Å². The third kappa shape index (κ3) is 4.97. The summed E-state index contributed by atoms with van der Waals surface area (Å²) in [7, 11) is -1.61. The average Bonchev–Trinajstić information content (AvgIpc) is 2.92. The normalized spacial score (nSPS) is 17.5. The Bertz CT molecular complexity index is 615. The van der Waals surface area contributed by atoms with Gasteiger partial charge in [-0.1, -0.05) is 12.1 Å². The summed E-state index contributed by atoms with van der Waals surface area (Å²) in [6, 6.07) is 6.08. The van der Waals surface area contributed by atoms with Crippen molar-refractivity contribution in [2.24, 2.45) is 0 Å². The maximum absolute atomic E-state index is 12.5. The number of carbonyl (C=O) groups is 2. The molecule has 1 aliphatic rings. The Hall–Kier alpha value is -2.06. The fourth-order valence-corrected chi connectivity index (χ4v) is 2.55. The van der Waals surface area contributed by atoms with Crippen molar-refractivity contribution >= 4 is 24.6 Å². The SMILES string of the molecule is CC(C)(C)OC(=O)N[C@@H]1CCN(C(=O)c2cccc(B(O)O)c2)C1. The van der Waals surface area contributed by atoms with E-state index in [4.69, 9.17) is 4.74 Å². The third-order valence-corrected chi connectivity index (χ3v) is 3.63. The van der Waals surface area contributed by atoms with Gasteiger partial charge in [0.25, 0.3) is 5.91 Å². The second-order valence-corrected chi connectivity index (χ2v) is 6.88. The zero-order chi connectivity index (χ0) is 17.9. The van der Waals surface area contributed by atoms with Crippen LogP contribution in [0, 0.1) is 0 Å². The number of ether oxygens (including phenoxy) is 1. The van der Waals surface area contributed by atoms with Crippen molar-refractivity contribution in [2.75, 3.05) is 13.1 Å². The molecule has 0 aromatic heterocycles. The largest absolute Gasteiger partial charge is 0.488 e. The first-order chi connectivity index (χ1) is 11.2. The molecule has 7 nitrogen and oxygen atoms in total. The van der Waals surface area contributed by atoms with Gasteiger partial charge in [-0.2, -0.15) is 0 Å². The highest BCUT2D eigenvalue weighted by molar-refractivity contribution is 6.58. The zero-order valence-corrected chi connectivity index (χ0v) is 14.2. The van der Waals surface area contributed by atoms with E-state index in [0.29, 0.717) is 25.1 Å². The predicted molar refractivity (Wildman–Crippen MR) is 89.9 cm³/mol. The van der Waals surface area contributed by atoms with Crippen molar-refractivity contribution in [3.05, 3.63) is 29.8 Å². The number of benzene rings is 1. The first-order valence-electron chi connectivity index (χ1n) is 7.90. The number of nitrogens with one attached hydrogen (secondary N) is 1. The Balaban J connectivity index is 1.94. The molecule has 1 aromatic carbocycles. The van der Waals surface area contributed by atoms with Crippen molar-refractivity contribution in [2.45, 2.75) is 38.8 Å². The second kappa shape index (κ2) is 7.23. The lowest BCUT2D eigenvalue weighted by Gasteiger charge is -2.22. The highest BCUT2D eigenvalue weighted by Crippen LogP contribution is 2.14. The Morgan fingerprint density at radius 1 is 1.33 bits per heavy atom. The van der Waals surface area contributed by atoms with E-state index in [1.165, 1.54) is 12.1 Å². The quantitative estimate of drug-likeness (QED) is 0.681. The Morgan fingerprint density at radius 3 is 2.67 bits per heavy atom. The molecule has 0 bridgehead atoms. The number of hydrogen-bond acceptors (Lipinski definition) is 5. The maximum Gasteiger partial charge on any atom is 0.488 e. The predicted octanol–water partition coefficient (Wildman–Crippen LogP) is 0.106. The molecular formula is C16H23BN2O5. The number of amides is 2. The standard InChI is InChI=1S/C16H23BN2O5/c1-16(2,3)24-15(21)18-13-7-8-19(10-13)14(20)11-5-4-6-12(9-11)17(22)23/h4-6,9,13,22-23H,7-8,10H2,1-3H3,(H,18,21)/t13-/m1/s1. The molecule has 0 spiro atoms. The highest BCUT2D eigenvalue weighted by atomic mass is 16.6. The van der Waals surface area contributed by atoms with Crippen LogP contribution in [0.4, 0.5) is 4.79 Å². The summed E-state index contributed by atoms with van der Waals surface area (Å²) in [4.78, 5) is 25.9. The number of carbonyl (C=O) groups excluding carboxylic acids is 2. The van der Waals surface area contributed by atoms with Gasteiger partial charge in [-0.15, -0.1) is 0 Å². The summed E-state index contributed by atoms with van der Waals surface area (Å²) in [6.07, 6.45) is 0.153. The molecule has 3 N–H and O–H groups in total. The Labute approximate surface area is 141 Å². The molecule has 130 valence electrons. The van der Waals surface area contributed by atoms with Gasteiger partial charge in [0.05, 0.1) is 6.04 Å². The molecule has 1 saturated heterocycles. The van der Waals surface area contributed by atoms with Crippen LogP contribution in [0.25, 0.3) is 0 Å². The molecule has 1 heterocycles. The summed E-state index contributed by atoms with van der Waals surface area (Å²) >= 11 is 0. The number of rotatable bonds is 3. The maximum atomic E-state index is 12.5. The van der Waals surface area contributed by atoms with E-state index in [9.17, 15) is 19.6 Å². The smallest absolute Gasteiger partial charge is 0.444 e. The van der Waals surface area contributed by atoms with Gasteiger partial charge in [0.15, 0.2) is 0 Å². The van der Waals surface area contributed by atoms with Crippen LogP contribution in [0.2, 0.25) is 0 Å². The van der Waals surface area contributed by atoms with Crippen molar-refractivity contribution in [1.29, 1.82) is 0 Å². The van der Waals surface area contributed by atoms with E-state index in [1.807, 2.05) is 0 Å². The topological polar surface area (TPSA) is 99.1 Å². The van der Waals surface area contributed by atoms with Crippen LogP contribution < -0.4 is 10.8 Å². The van der Waals surface area contributed by atoms with Crippen LogP contribution in [0.1, 0.15) is 37.6 Å². The van der Waals surface area contributed by atoms with E-state index < -0.39 is 18.8 Å². The van der Waals surface area contributed by atoms with Gasteiger partial charge in [-0.25, -0.2) is 4.79 Å². The monoisotopic (exact) mass is 334 g/mol. The molecule has 0 radical (unpaired) electrons. The molecule has 1 aromatic rings. The third-order valence-electron chi connectivity index (χ3n) is 3.63. The van der Waals surface area contributed by atoms with Crippen molar-refractivity contribution < 1.29 is 24.4 Å². The minimum Gasteiger partial charge on any atom is -0.444 e. The first-order valence-corrected chi connectivity index (χ1v) is 7.90. The zero-order valence-electron chi connectivity index (χ0n) is 14.2. The van der Waals surface area contributed by atoms with Crippen LogP contribution >= 0.6 is 0 Å². The van der Waals surface area contributed by atoms with Crippen LogP contribution in [0.3, 0.4) is 0 Å². The van der Waals surface area contributed by atoms with E-state index >= 15 is 0 Å². The molecular weight excluding hydrogens is 311 g/mol. The molecule has 2 amide bonds. The number of alkyl carbamates (subject to hydrolysis) is 1. The van der Waals surface area contributed by atoms with Crippen LogP contribution in [0.15, 0.2) is 24.3 Å². The fraction of sp³-hybridized carbons (Fsp3) is 0.500. The van der Waals surface area contributed by atoms with Crippen LogP contribution in [0.5, 0.6) is 0 Å². The van der Waals surface area contributed by atoms with Crippen LogP contribution in [-0.4, -0.2) is 58.8 Å². The molecule has 0 saturated carbocycles. The van der Waals surface area contributed by atoms with E-state index in [2.05, 4.69) is 5.32 Å². The molecule has 0 unspecified atom stereocenters. The molecule has 1 aliphatic heterocycles. The minimum atomic E-state index is -1.61. The lowest BCUT2D eigenvalue weighted by atomic mass is 9.79. The van der Waals surface area contributed by atoms with E-state index in [-0.39, 0.29) is 17.4 Å². The van der Waals surface area contributed by atoms with Crippen molar-refractivity contribution in [1.82, 2.24) is 10.2 Å². The van der Waals surface area contributed by atoms with Gasteiger partial charge >= 0.3 is 13.2 Å². The number of hydrogen-bond donors (Lipinski definition) is 3. The summed E-state index contributed by atoms with van der Waals surface area (Å²) in [6.45, 7) is 6.29. The summed E-state index contributed by atoms with van der Waals surface area (Å²) < 4.78 is 5.21. The molecule has 1 fully saturated rings. The fourth-order valence-electron chi connectivity index (χ4n) is 2.55. The summed E-state index contributed by atoms with van der Waals surface area (Å²) in [5, 5.41) is 21.2. The molecule has 1 atom stereocenters. The number of likely N-dealkylation sites (tertiary alicyclic amines) is 1. The van der Waals surface area contributed by atoms with Crippen molar-refractivity contribution in [3.63, 3.8) is 0 Å². The Morgan fingerprint density at radius 2 is 2.04 bits per heavy atom. The van der Waals surface area contributed by atoms with Gasteiger partial charge in [-0.3, -0.25) is 4.79 Å². The van der Waals surface area contributed by atoms with Crippen LogP contribution in [-0.2, 0) is 4.74 Å². The van der Waals surface area contributed by atoms with Crippen molar-refractivity contribution in [3.8, 4) is 0 Å². The van der Waals surface area contributed by atoms with E-state index in [0.717, 1.165) is 0 Å². The molecule has 24 heavy (non-hydrogen) atoms. The van der Waals surface area contributed by atoms with E-state index in [1.54, 1.807) is 37.8 Å². The number of nitrogens with zero attached hydrogens (tertiary/aromatic N) is 1. The van der Waals surface area contributed by atoms with Gasteiger partial charge in [-0.05, 0) is 44.8 Å². The second-order valence-electron chi connectivity index (χ2n) is 6.88. The lowest BCUT2D eigenvalue weighted by Crippen LogP contribution is -2.41. The summed E-state index contributed by atoms with van der Waals surface area (Å²) in [5.41, 5.74) is 0.0889. The highest BCUT2D eigenvalue weighted by Gasteiger charge is 2.29. The molecule has 0 aliphatic carbocycles. The Kier molecular flexibility index (Phi) is 5.51. The lowest BCUT2D eigenvalue weighted by molar-refractivity contribution is 0.0502. The summed E-state index contributed by atoms with van der Waals surface area (Å²) in [5.74, 6) is -0.203. The minimum absolute atomic E-state index is 0.157. The van der Waals surface area contributed by atoms with Gasteiger partial charge in [0.2, 0.25) is 0 Å². The average molecular weight is 334 g/mol. The molecule has 2 rings (SSSR count). The van der Waals surface area contributed by atoms with Gasteiger partial charge in [0, 0.05) is 18.7 Å².